The molecule has 0 aliphatic heterocycles. The second-order valence-corrected chi connectivity index (χ2v) is 4.25. The van der Waals surface area contributed by atoms with Crippen LogP contribution in [0.5, 0.6) is 0 Å². The van der Waals surface area contributed by atoms with Gasteiger partial charge in [0.25, 0.3) is 0 Å². The number of carboxylic acids is 1. The first-order valence-electron chi connectivity index (χ1n) is 4.27. The second-order valence-electron chi connectivity index (χ2n) is 3.33. The maximum atomic E-state index is 10.7. The molecule has 0 unspecified atom stereocenters. The maximum Gasteiger partial charge on any atom is 0.335 e. The lowest BCUT2D eigenvalue weighted by atomic mass is 10.1. The van der Waals surface area contributed by atoms with E-state index in [4.69, 9.17) is 10.8 Å². The molecule has 4 heteroatoms. The van der Waals surface area contributed by atoms with Crippen molar-refractivity contribution in [3.05, 3.63) is 33.8 Å². The summed E-state index contributed by atoms with van der Waals surface area (Å²) < 4.78 is 0.771. The van der Waals surface area contributed by atoms with Crippen molar-refractivity contribution in [3.63, 3.8) is 0 Å². The summed E-state index contributed by atoms with van der Waals surface area (Å²) in [6.07, 6.45) is 0.680. The molecule has 0 bridgehead atoms. The zero-order valence-corrected chi connectivity index (χ0v) is 9.41. The molecule has 1 atom stereocenters. The van der Waals surface area contributed by atoms with Crippen LogP contribution in [-0.2, 0) is 6.42 Å². The minimum Gasteiger partial charge on any atom is -0.478 e. The third kappa shape index (κ3) is 3.12. The fraction of sp³-hybridized carbons (Fsp3) is 0.300. The van der Waals surface area contributed by atoms with E-state index < -0.39 is 5.97 Å². The van der Waals surface area contributed by atoms with Crippen molar-refractivity contribution >= 4 is 21.9 Å². The number of rotatable bonds is 3. The van der Waals surface area contributed by atoms with Gasteiger partial charge in [-0.15, -0.1) is 0 Å². The first-order chi connectivity index (χ1) is 6.49. The van der Waals surface area contributed by atoms with Crippen LogP contribution in [0, 0.1) is 0 Å². The first kappa shape index (κ1) is 11.2. The molecule has 0 aliphatic carbocycles. The molecule has 0 saturated carbocycles. The molecule has 76 valence electrons. The summed E-state index contributed by atoms with van der Waals surface area (Å²) in [6.45, 7) is 1.89. The Labute approximate surface area is 91.1 Å². The number of hydrogen-bond acceptors (Lipinski definition) is 2. The van der Waals surface area contributed by atoms with Gasteiger partial charge in [-0.1, -0.05) is 15.9 Å². The fourth-order valence-electron chi connectivity index (χ4n) is 1.26. The molecule has 0 aromatic heterocycles. The van der Waals surface area contributed by atoms with E-state index in [0.717, 1.165) is 10.0 Å². The van der Waals surface area contributed by atoms with Crippen LogP contribution in [0.15, 0.2) is 22.7 Å². The van der Waals surface area contributed by atoms with Crippen LogP contribution in [-0.4, -0.2) is 17.1 Å². The lowest BCUT2D eigenvalue weighted by molar-refractivity contribution is 0.0696. The number of halogens is 1. The molecule has 0 heterocycles. The zero-order chi connectivity index (χ0) is 10.7. The van der Waals surface area contributed by atoms with Gasteiger partial charge in [0, 0.05) is 10.5 Å². The number of aromatic carboxylic acids is 1. The lowest BCUT2D eigenvalue weighted by Crippen LogP contribution is -2.18. The third-order valence-electron chi connectivity index (χ3n) is 1.76. The third-order valence-corrected chi connectivity index (χ3v) is 2.22. The summed E-state index contributed by atoms with van der Waals surface area (Å²) in [4.78, 5) is 10.7. The van der Waals surface area contributed by atoms with Gasteiger partial charge in [0.15, 0.2) is 0 Å². The average molecular weight is 258 g/mol. The minimum atomic E-state index is -0.919. The van der Waals surface area contributed by atoms with Gasteiger partial charge in [-0.05, 0) is 37.1 Å². The molecule has 0 saturated heterocycles. The summed E-state index contributed by atoms with van der Waals surface area (Å²) in [5.41, 5.74) is 6.86. The Kier molecular flexibility index (Phi) is 3.66. The predicted molar refractivity (Wildman–Crippen MR) is 58.5 cm³/mol. The summed E-state index contributed by atoms with van der Waals surface area (Å²) >= 11 is 3.27. The molecule has 3 nitrogen and oxygen atoms in total. The van der Waals surface area contributed by atoms with Crippen molar-refractivity contribution in [2.75, 3.05) is 0 Å². The SMILES string of the molecule is C[C@@H](N)Cc1cc(Br)cc(C(=O)O)c1. The number of nitrogens with two attached hydrogens (primary N) is 1. The van der Waals surface area contributed by atoms with Gasteiger partial charge in [0.05, 0.1) is 5.56 Å². The number of hydrogen-bond donors (Lipinski definition) is 2. The quantitative estimate of drug-likeness (QED) is 0.871. The molecule has 0 spiro atoms. The highest BCUT2D eigenvalue weighted by Gasteiger charge is 2.06. The number of carboxylic acid groups (broad SMARTS) is 1. The zero-order valence-electron chi connectivity index (χ0n) is 7.83. The smallest absolute Gasteiger partial charge is 0.335 e. The largest absolute Gasteiger partial charge is 0.478 e. The normalized spacial score (nSPS) is 12.5. The standard InChI is InChI=1S/C10H12BrNO2/c1-6(12)2-7-3-8(10(13)14)5-9(11)4-7/h3-6H,2,12H2,1H3,(H,13,14)/t6-/m1/s1. The molecule has 1 aromatic carbocycles. The van der Waals surface area contributed by atoms with E-state index in [1.54, 1.807) is 12.1 Å². The summed E-state index contributed by atoms with van der Waals surface area (Å²) in [7, 11) is 0. The van der Waals surface area contributed by atoms with Crippen LogP contribution in [0.1, 0.15) is 22.8 Å². The van der Waals surface area contributed by atoms with Crippen molar-refractivity contribution < 1.29 is 9.90 Å². The Hall–Kier alpha value is -0.870. The first-order valence-corrected chi connectivity index (χ1v) is 5.06. The molecule has 1 aromatic rings. The minimum absolute atomic E-state index is 0.0333. The maximum absolute atomic E-state index is 10.7. The van der Waals surface area contributed by atoms with Gasteiger partial charge in [0.2, 0.25) is 0 Å². The summed E-state index contributed by atoms with van der Waals surface area (Å²) in [5.74, 6) is -0.919. The molecule has 0 fully saturated rings. The van der Waals surface area contributed by atoms with Gasteiger partial charge < -0.3 is 10.8 Å². The summed E-state index contributed by atoms with van der Waals surface area (Å²) in [5, 5.41) is 8.82. The molecule has 0 amide bonds. The lowest BCUT2D eigenvalue weighted by Gasteiger charge is -2.06. The van der Waals surface area contributed by atoms with Crippen molar-refractivity contribution in [1.29, 1.82) is 0 Å². The van der Waals surface area contributed by atoms with Crippen LogP contribution in [0.2, 0.25) is 0 Å². The van der Waals surface area contributed by atoms with Gasteiger partial charge in [0.1, 0.15) is 0 Å². The van der Waals surface area contributed by atoms with Crippen LogP contribution < -0.4 is 5.73 Å². The number of benzene rings is 1. The van der Waals surface area contributed by atoms with Gasteiger partial charge >= 0.3 is 5.97 Å². The molecule has 0 radical (unpaired) electrons. The van der Waals surface area contributed by atoms with Crippen LogP contribution in [0.4, 0.5) is 0 Å². The molecule has 14 heavy (non-hydrogen) atoms. The van der Waals surface area contributed by atoms with Gasteiger partial charge in [-0.3, -0.25) is 0 Å². The Morgan fingerprint density at radius 3 is 2.71 bits per heavy atom. The molecular formula is C10H12BrNO2. The molecular weight excluding hydrogens is 246 g/mol. The van der Waals surface area contributed by atoms with Gasteiger partial charge in [-0.25, -0.2) is 4.79 Å². The highest BCUT2D eigenvalue weighted by Crippen LogP contribution is 2.17. The van der Waals surface area contributed by atoms with E-state index >= 15 is 0 Å². The van der Waals surface area contributed by atoms with Crippen molar-refractivity contribution in [1.82, 2.24) is 0 Å². The Balaban J connectivity index is 3.01. The monoisotopic (exact) mass is 257 g/mol. The van der Waals surface area contributed by atoms with Crippen LogP contribution >= 0.6 is 15.9 Å². The van der Waals surface area contributed by atoms with E-state index in [2.05, 4.69) is 15.9 Å². The van der Waals surface area contributed by atoms with Crippen LogP contribution in [0.25, 0.3) is 0 Å². The Bertz CT molecular complexity index is 350. The van der Waals surface area contributed by atoms with Crippen LogP contribution in [0.3, 0.4) is 0 Å². The Morgan fingerprint density at radius 1 is 1.57 bits per heavy atom. The van der Waals surface area contributed by atoms with E-state index in [0.29, 0.717) is 6.42 Å². The Morgan fingerprint density at radius 2 is 2.21 bits per heavy atom. The topological polar surface area (TPSA) is 63.3 Å². The molecule has 0 aliphatic rings. The highest BCUT2D eigenvalue weighted by atomic mass is 79.9. The average Bonchev–Trinajstić information content (AvgIpc) is 2.01. The van der Waals surface area contributed by atoms with Crippen molar-refractivity contribution in [3.8, 4) is 0 Å². The van der Waals surface area contributed by atoms with E-state index in [-0.39, 0.29) is 11.6 Å². The fourth-order valence-corrected chi connectivity index (χ4v) is 1.80. The van der Waals surface area contributed by atoms with E-state index in [1.807, 2.05) is 13.0 Å². The predicted octanol–water partition coefficient (Wildman–Crippen LogP) is 2.04. The van der Waals surface area contributed by atoms with E-state index in [9.17, 15) is 4.79 Å². The van der Waals surface area contributed by atoms with Gasteiger partial charge in [-0.2, -0.15) is 0 Å². The van der Waals surface area contributed by atoms with E-state index in [1.165, 1.54) is 0 Å². The summed E-state index contributed by atoms with van der Waals surface area (Å²) in [6, 6.07) is 5.14. The molecule has 1 rings (SSSR count). The molecule has 3 N–H and O–H groups in total. The number of carbonyl (C=O) groups is 1. The second kappa shape index (κ2) is 4.57. The highest BCUT2D eigenvalue weighted by molar-refractivity contribution is 9.10. The van der Waals surface area contributed by atoms with Crippen molar-refractivity contribution in [2.24, 2.45) is 5.73 Å². The van der Waals surface area contributed by atoms with Crippen molar-refractivity contribution in [2.45, 2.75) is 19.4 Å².